The van der Waals surface area contributed by atoms with E-state index < -0.39 is 0 Å². The van der Waals surface area contributed by atoms with Gasteiger partial charge in [-0.15, -0.1) is 0 Å². The van der Waals surface area contributed by atoms with E-state index in [1.165, 1.54) is 0 Å². The van der Waals surface area contributed by atoms with Crippen LogP contribution in [0.5, 0.6) is 11.5 Å². The van der Waals surface area contributed by atoms with Gasteiger partial charge < -0.3 is 14.4 Å². The molecule has 4 heteroatoms. The average Bonchev–Trinajstić information content (AvgIpc) is 2.76. The Kier molecular flexibility index (Phi) is 7.26. The molecule has 0 heterocycles. The van der Waals surface area contributed by atoms with Gasteiger partial charge in [0, 0.05) is 20.7 Å². The molecule has 0 radical (unpaired) electrons. The van der Waals surface area contributed by atoms with E-state index in [2.05, 4.69) is 43.1 Å². The second-order valence-electron chi connectivity index (χ2n) is 7.42. The van der Waals surface area contributed by atoms with Crippen molar-refractivity contribution >= 4 is 12.0 Å². The van der Waals surface area contributed by atoms with Crippen LogP contribution in [0.1, 0.15) is 35.3 Å². The molecule has 0 bridgehead atoms. The van der Waals surface area contributed by atoms with E-state index in [-0.39, 0.29) is 6.10 Å². The number of aliphatic imine (C=N–C) groups is 1. The van der Waals surface area contributed by atoms with Gasteiger partial charge in [0.15, 0.2) is 0 Å². The first-order chi connectivity index (χ1) is 14.5. The molecule has 156 valence electrons. The SMILES string of the molecule is CCN(C)/C=N/c1cc(C)c(Oc2cccc(C(OC)c3ccccc3)c2)cc1C. The van der Waals surface area contributed by atoms with Crippen molar-refractivity contribution in [1.82, 2.24) is 4.90 Å². The van der Waals surface area contributed by atoms with Crippen molar-refractivity contribution in [2.24, 2.45) is 4.99 Å². The Hall–Kier alpha value is -3.11. The lowest BCUT2D eigenvalue weighted by Gasteiger charge is -2.18. The number of hydrogen-bond acceptors (Lipinski definition) is 3. The number of nitrogens with zero attached hydrogens (tertiary/aromatic N) is 2. The fourth-order valence-corrected chi connectivity index (χ4v) is 3.23. The van der Waals surface area contributed by atoms with Crippen molar-refractivity contribution in [2.75, 3.05) is 20.7 Å². The van der Waals surface area contributed by atoms with E-state index in [1.54, 1.807) is 7.11 Å². The zero-order valence-corrected chi connectivity index (χ0v) is 18.4. The largest absolute Gasteiger partial charge is 0.457 e. The highest BCUT2D eigenvalue weighted by Crippen LogP contribution is 2.33. The van der Waals surface area contributed by atoms with Gasteiger partial charge in [0.1, 0.15) is 17.6 Å². The summed E-state index contributed by atoms with van der Waals surface area (Å²) in [5.41, 5.74) is 5.25. The number of benzene rings is 3. The number of ether oxygens (including phenoxy) is 2. The number of aryl methyl sites for hydroxylation is 2. The number of hydrogen-bond donors (Lipinski definition) is 0. The summed E-state index contributed by atoms with van der Waals surface area (Å²) >= 11 is 0. The summed E-state index contributed by atoms with van der Waals surface area (Å²) in [7, 11) is 3.74. The minimum atomic E-state index is -0.134. The van der Waals surface area contributed by atoms with Gasteiger partial charge in [-0.05, 0) is 67.3 Å². The van der Waals surface area contributed by atoms with Crippen LogP contribution in [0.4, 0.5) is 5.69 Å². The molecule has 0 saturated heterocycles. The van der Waals surface area contributed by atoms with Crippen LogP contribution < -0.4 is 4.74 Å². The van der Waals surface area contributed by atoms with E-state index >= 15 is 0 Å². The molecule has 1 atom stereocenters. The van der Waals surface area contributed by atoms with Gasteiger partial charge in [0.2, 0.25) is 0 Å². The molecule has 0 fully saturated rings. The predicted octanol–water partition coefficient (Wildman–Crippen LogP) is 6.44. The molecule has 3 rings (SSSR count). The minimum Gasteiger partial charge on any atom is -0.457 e. The molecule has 3 aromatic carbocycles. The minimum absolute atomic E-state index is 0.134. The average molecular weight is 403 g/mol. The highest BCUT2D eigenvalue weighted by Gasteiger charge is 2.14. The molecule has 0 aromatic heterocycles. The van der Waals surface area contributed by atoms with Crippen molar-refractivity contribution in [3.63, 3.8) is 0 Å². The Morgan fingerprint density at radius 2 is 1.67 bits per heavy atom. The van der Waals surface area contributed by atoms with Crippen LogP contribution >= 0.6 is 0 Å². The molecule has 1 unspecified atom stereocenters. The monoisotopic (exact) mass is 402 g/mol. The standard InChI is InChI=1S/C26H30N2O2/c1-6-28(4)18-27-24-15-20(3)25(16-19(24)2)30-23-14-10-13-22(17-23)26(29-5)21-11-8-7-9-12-21/h7-18,26H,6H2,1-5H3/b27-18+. The Morgan fingerprint density at radius 1 is 0.933 bits per heavy atom. The van der Waals surface area contributed by atoms with E-state index in [0.29, 0.717) is 0 Å². The lowest BCUT2D eigenvalue weighted by molar-refractivity contribution is 0.136. The Morgan fingerprint density at radius 3 is 2.37 bits per heavy atom. The highest BCUT2D eigenvalue weighted by molar-refractivity contribution is 5.64. The first kappa shape index (κ1) is 21.6. The van der Waals surface area contributed by atoms with Gasteiger partial charge in [-0.2, -0.15) is 0 Å². The van der Waals surface area contributed by atoms with Crippen molar-refractivity contribution in [2.45, 2.75) is 26.9 Å². The zero-order chi connectivity index (χ0) is 21.5. The van der Waals surface area contributed by atoms with Gasteiger partial charge in [-0.1, -0.05) is 42.5 Å². The lowest BCUT2D eigenvalue weighted by atomic mass is 10.0. The Balaban J connectivity index is 1.84. The molecule has 0 aliphatic heterocycles. The quantitative estimate of drug-likeness (QED) is 0.321. The van der Waals surface area contributed by atoms with Gasteiger partial charge in [-0.25, -0.2) is 4.99 Å². The second kappa shape index (κ2) is 10.1. The van der Waals surface area contributed by atoms with E-state index in [9.17, 15) is 0 Å². The normalized spacial score (nSPS) is 12.2. The third kappa shape index (κ3) is 5.28. The smallest absolute Gasteiger partial charge is 0.130 e. The third-order valence-corrected chi connectivity index (χ3v) is 5.11. The van der Waals surface area contributed by atoms with E-state index in [4.69, 9.17) is 9.47 Å². The van der Waals surface area contributed by atoms with Crippen molar-refractivity contribution in [3.05, 3.63) is 89.0 Å². The Bertz CT molecular complexity index is 999. The molecule has 30 heavy (non-hydrogen) atoms. The van der Waals surface area contributed by atoms with Gasteiger partial charge in [0.25, 0.3) is 0 Å². The second-order valence-corrected chi connectivity index (χ2v) is 7.42. The van der Waals surface area contributed by atoms with Crippen LogP contribution in [0.3, 0.4) is 0 Å². The summed E-state index contributed by atoms with van der Waals surface area (Å²) in [5.74, 6) is 1.62. The highest BCUT2D eigenvalue weighted by atomic mass is 16.5. The fraction of sp³-hybridized carbons (Fsp3) is 0.269. The fourth-order valence-electron chi connectivity index (χ4n) is 3.23. The van der Waals surface area contributed by atoms with Crippen molar-refractivity contribution in [1.29, 1.82) is 0 Å². The van der Waals surface area contributed by atoms with Crippen LogP contribution in [0.15, 0.2) is 71.7 Å². The molecular weight excluding hydrogens is 372 g/mol. The summed E-state index contributed by atoms with van der Waals surface area (Å²) < 4.78 is 12.0. The number of rotatable bonds is 8. The van der Waals surface area contributed by atoms with Crippen molar-refractivity contribution < 1.29 is 9.47 Å². The molecule has 0 aliphatic carbocycles. The van der Waals surface area contributed by atoms with Gasteiger partial charge >= 0.3 is 0 Å². The molecule has 0 amide bonds. The van der Waals surface area contributed by atoms with Gasteiger partial charge in [0.05, 0.1) is 12.0 Å². The summed E-state index contributed by atoms with van der Waals surface area (Å²) in [6, 6.07) is 22.4. The van der Waals surface area contributed by atoms with Crippen LogP contribution in [0, 0.1) is 13.8 Å². The van der Waals surface area contributed by atoms with Gasteiger partial charge in [-0.3, -0.25) is 0 Å². The maximum Gasteiger partial charge on any atom is 0.130 e. The summed E-state index contributed by atoms with van der Waals surface area (Å²) in [6.07, 6.45) is 1.73. The first-order valence-electron chi connectivity index (χ1n) is 10.2. The molecule has 0 saturated carbocycles. The van der Waals surface area contributed by atoms with E-state index in [1.807, 2.05) is 67.7 Å². The molecule has 3 aromatic rings. The maximum absolute atomic E-state index is 6.25. The summed E-state index contributed by atoms with van der Waals surface area (Å²) in [6.45, 7) is 7.12. The lowest BCUT2D eigenvalue weighted by Crippen LogP contribution is -2.14. The number of methoxy groups -OCH3 is 1. The zero-order valence-electron chi connectivity index (χ0n) is 18.4. The molecule has 0 N–H and O–H groups in total. The van der Waals surface area contributed by atoms with E-state index in [0.717, 1.165) is 46.0 Å². The predicted molar refractivity (Wildman–Crippen MR) is 124 cm³/mol. The molecule has 4 nitrogen and oxygen atoms in total. The summed E-state index contributed by atoms with van der Waals surface area (Å²) in [4.78, 5) is 6.64. The van der Waals surface area contributed by atoms with Crippen LogP contribution in [-0.2, 0) is 4.74 Å². The van der Waals surface area contributed by atoms with Crippen molar-refractivity contribution in [3.8, 4) is 11.5 Å². The topological polar surface area (TPSA) is 34.1 Å². The molecule has 0 aliphatic rings. The summed E-state index contributed by atoms with van der Waals surface area (Å²) in [5, 5.41) is 0. The third-order valence-electron chi connectivity index (χ3n) is 5.11. The maximum atomic E-state index is 6.25. The molecular formula is C26H30N2O2. The van der Waals surface area contributed by atoms with Crippen LogP contribution in [0.2, 0.25) is 0 Å². The molecule has 0 spiro atoms. The Labute approximate surface area is 179 Å². The van der Waals surface area contributed by atoms with Crippen LogP contribution in [0.25, 0.3) is 0 Å². The first-order valence-corrected chi connectivity index (χ1v) is 10.2. The van der Waals surface area contributed by atoms with Crippen LogP contribution in [-0.4, -0.2) is 31.9 Å².